The molecule has 1 heterocycles. The molecule has 1 aromatic heterocycles. The van der Waals surface area contributed by atoms with Crippen LogP contribution >= 0.6 is 28.3 Å². The van der Waals surface area contributed by atoms with Crippen LogP contribution in [0.2, 0.25) is 0 Å². The van der Waals surface area contributed by atoms with Crippen LogP contribution < -0.4 is 11.1 Å². The summed E-state index contributed by atoms with van der Waals surface area (Å²) >= 11 is 3.41. The van der Waals surface area contributed by atoms with Crippen molar-refractivity contribution >= 4 is 34.2 Å². The Morgan fingerprint density at radius 3 is 2.50 bits per heavy atom. The van der Waals surface area contributed by atoms with Crippen molar-refractivity contribution in [1.29, 1.82) is 0 Å². The second kappa shape index (κ2) is 9.20. The highest BCUT2D eigenvalue weighted by Crippen LogP contribution is 2.17. The Balaban J connectivity index is 0.00000288. The van der Waals surface area contributed by atoms with Gasteiger partial charge in [0.15, 0.2) is 0 Å². The first-order valence-corrected chi connectivity index (χ1v) is 8.53. The second-order valence-electron chi connectivity index (χ2n) is 6.07. The van der Waals surface area contributed by atoms with Gasteiger partial charge in [-0.15, -0.1) is 12.4 Å². The molecular weight excluding hydrogens is 392 g/mol. The van der Waals surface area contributed by atoms with Gasteiger partial charge in [0.1, 0.15) is 0 Å². The molecule has 2 aromatic rings. The van der Waals surface area contributed by atoms with Crippen LogP contribution in [0, 0.1) is 12.8 Å². The molecule has 0 spiro atoms. The zero-order chi connectivity index (χ0) is 17.0. The number of nitrogens with one attached hydrogen (secondary N) is 1. The summed E-state index contributed by atoms with van der Waals surface area (Å²) in [7, 11) is 0. The van der Waals surface area contributed by atoms with E-state index in [-0.39, 0.29) is 24.4 Å². The van der Waals surface area contributed by atoms with Crippen molar-refractivity contribution in [2.24, 2.45) is 11.7 Å². The normalized spacial score (nSPS) is 11.9. The molecule has 1 aromatic carbocycles. The summed E-state index contributed by atoms with van der Waals surface area (Å²) in [6, 6.07) is 7.78. The first-order valence-electron chi connectivity index (χ1n) is 7.73. The fourth-order valence-corrected chi connectivity index (χ4v) is 2.79. The van der Waals surface area contributed by atoms with Gasteiger partial charge in [0, 0.05) is 17.1 Å². The van der Waals surface area contributed by atoms with Crippen molar-refractivity contribution in [1.82, 2.24) is 15.1 Å². The van der Waals surface area contributed by atoms with E-state index < -0.39 is 0 Å². The van der Waals surface area contributed by atoms with E-state index in [0.717, 1.165) is 22.3 Å². The number of nitrogens with zero attached hydrogens (tertiary/aromatic N) is 2. The number of benzene rings is 1. The number of aromatic nitrogens is 2. The van der Waals surface area contributed by atoms with Crippen LogP contribution in [0.25, 0.3) is 5.69 Å². The quantitative estimate of drug-likeness (QED) is 0.759. The Hall–Kier alpha value is -1.37. The fraction of sp³-hybridized carbons (Fsp3) is 0.412. The molecule has 0 aliphatic heterocycles. The van der Waals surface area contributed by atoms with Crippen LogP contribution in [-0.4, -0.2) is 28.3 Å². The lowest BCUT2D eigenvalue weighted by molar-refractivity contribution is 0.0933. The maximum atomic E-state index is 12.5. The maximum Gasteiger partial charge on any atom is 0.255 e. The summed E-state index contributed by atoms with van der Waals surface area (Å²) in [6.45, 7) is 6.56. The summed E-state index contributed by atoms with van der Waals surface area (Å²) < 4.78 is 2.77. The van der Waals surface area contributed by atoms with E-state index >= 15 is 0 Å². The van der Waals surface area contributed by atoms with Crippen molar-refractivity contribution in [3.05, 3.63) is 46.2 Å². The molecule has 1 unspecified atom stereocenters. The zero-order valence-electron chi connectivity index (χ0n) is 14.1. The molecule has 0 saturated heterocycles. The van der Waals surface area contributed by atoms with E-state index in [2.05, 4.69) is 40.2 Å². The van der Waals surface area contributed by atoms with Crippen LogP contribution in [-0.2, 0) is 0 Å². The summed E-state index contributed by atoms with van der Waals surface area (Å²) in [4.78, 5) is 12.5. The number of hydrogen-bond acceptors (Lipinski definition) is 3. The van der Waals surface area contributed by atoms with Gasteiger partial charge in [-0.3, -0.25) is 4.79 Å². The standard InChI is InChI=1S/C17H23BrN4O.ClH/c1-11(2)8-14(9-19)21-17(23)16-10-20-22(12(16)3)15-6-4-13(18)5-7-15;/h4-7,10-11,14H,8-9,19H2,1-3H3,(H,21,23);1H. The molecule has 0 bridgehead atoms. The summed E-state index contributed by atoms with van der Waals surface area (Å²) in [5, 5.41) is 7.34. The van der Waals surface area contributed by atoms with E-state index in [9.17, 15) is 4.79 Å². The highest BCUT2D eigenvalue weighted by molar-refractivity contribution is 9.10. The third kappa shape index (κ3) is 5.06. The number of halogens is 2. The molecule has 0 aliphatic carbocycles. The number of nitrogens with two attached hydrogens (primary N) is 1. The summed E-state index contributed by atoms with van der Waals surface area (Å²) in [5.74, 6) is 0.359. The highest BCUT2D eigenvalue weighted by Gasteiger charge is 2.18. The van der Waals surface area contributed by atoms with Crippen LogP contribution in [0.1, 0.15) is 36.3 Å². The van der Waals surface area contributed by atoms with Gasteiger partial charge in [0.2, 0.25) is 0 Å². The third-order valence-corrected chi connectivity index (χ3v) is 4.23. The Bertz CT molecular complexity index is 670. The summed E-state index contributed by atoms with van der Waals surface area (Å²) in [6.07, 6.45) is 2.47. The lowest BCUT2D eigenvalue weighted by Gasteiger charge is -2.18. The third-order valence-electron chi connectivity index (χ3n) is 3.70. The van der Waals surface area contributed by atoms with Gasteiger partial charge in [-0.2, -0.15) is 5.10 Å². The van der Waals surface area contributed by atoms with Gasteiger partial charge in [-0.25, -0.2) is 4.68 Å². The first kappa shape index (κ1) is 20.7. The van der Waals surface area contributed by atoms with Crippen molar-refractivity contribution in [2.75, 3.05) is 6.54 Å². The monoisotopic (exact) mass is 414 g/mol. The maximum absolute atomic E-state index is 12.5. The molecule has 2 rings (SSSR count). The Morgan fingerprint density at radius 2 is 1.96 bits per heavy atom. The molecule has 3 N–H and O–H groups in total. The van der Waals surface area contributed by atoms with Crippen LogP contribution in [0.3, 0.4) is 0 Å². The van der Waals surface area contributed by atoms with Crippen molar-refractivity contribution in [3.63, 3.8) is 0 Å². The molecule has 0 aliphatic rings. The topological polar surface area (TPSA) is 72.9 Å². The molecule has 24 heavy (non-hydrogen) atoms. The van der Waals surface area contributed by atoms with Gasteiger partial charge >= 0.3 is 0 Å². The summed E-state index contributed by atoms with van der Waals surface area (Å²) in [5.41, 5.74) is 8.06. The van der Waals surface area contributed by atoms with Gasteiger partial charge in [0.05, 0.1) is 23.1 Å². The largest absolute Gasteiger partial charge is 0.348 e. The average Bonchev–Trinajstić information content (AvgIpc) is 2.88. The lowest BCUT2D eigenvalue weighted by Crippen LogP contribution is -2.41. The minimum atomic E-state index is -0.123. The van der Waals surface area contributed by atoms with Crippen LogP contribution in [0.15, 0.2) is 34.9 Å². The van der Waals surface area contributed by atoms with Crippen molar-refractivity contribution < 1.29 is 4.79 Å². The number of carbonyl (C=O) groups is 1. The van der Waals surface area contributed by atoms with Gasteiger partial charge in [0.25, 0.3) is 5.91 Å². The van der Waals surface area contributed by atoms with Crippen molar-refractivity contribution in [3.8, 4) is 5.69 Å². The zero-order valence-corrected chi connectivity index (χ0v) is 16.5. The van der Waals surface area contributed by atoms with Crippen LogP contribution in [0.4, 0.5) is 0 Å². The van der Waals surface area contributed by atoms with Gasteiger partial charge in [-0.05, 0) is 43.5 Å². The number of hydrogen-bond donors (Lipinski definition) is 2. The first-order chi connectivity index (χ1) is 10.9. The number of amides is 1. The lowest BCUT2D eigenvalue weighted by atomic mass is 10.0. The SMILES string of the molecule is Cc1c(C(=O)NC(CN)CC(C)C)cnn1-c1ccc(Br)cc1.Cl. The molecule has 1 amide bonds. The second-order valence-corrected chi connectivity index (χ2v) is 6.98. The molecule has 0 saturated carbocycles. The molecule has 5 nitrogen and oxygen atoms in total. The Labute approximate surface area is 157 Å². The number of carbonyl (C=O) groups excluding carboxylic acids is 1. The molecule has 7 heteroatoms. The minimum absolute atomic E-state index is 0. The smallest absolute Gasteiger partial charge is 0.255 e. The van der Waals surface area contributed by atoms with Gasteiger partial charge < -0.3 is 11.1 Å². The average molecular weight is 416 g/mol. The van der Waals surface area contributed by atoms with E-state index in [1.807, 2.05) is 31.2 Å². The van der Waals surface area contributed by atoms with E-state index in [1.54, 1.807) is 10.9 Å². The molecule has 0 radical (unpaired) electrons. The Morgan fingerprint density at radius 1 is 1.33 bits per heavy atom. The predicted molar refractivity (Wildman–Crippen MR) is 103 cm³/mol. The number of rotatable bonds is 6. The Kier molecular flexibility index (Phi) is 7.93. The minimum Gasteiger partial charge on any atom is -0.348 e. The molecule has 132 valence electrons. The highest BCUT2D eigenvalue weighted by atomic mass is 79.9. The van der Waals surface area contributed by atoms with E-state index in [4.69, 9.17) is 5.73 Å². The van der Waals surface area contributed by atoms with Gasteiger partial charge in [-0.1, -0.05) is 29.8 Å². The molecule has 1 atom stereocenters. The van der Waals surface area contributed by atoms with Crippen LogP contribution in [0.5, 0.6) is 0 Å². The van der Waals surface area contributed by atoms with E-state index in [1.165, 1.54) is 0 Å². The fourth-order valence-electron chi connectivity index (χ4n) is 2.52. The molecule has 0 fully saturated rings. The molecular formula is C17H24BrClN4O. The predicted octanol–water partition coefficient (Wildman–Crippen LogP) is 3.47. The van der Waals surface area contributed by atoms with E-state index in [0.29, 0.717) is 18.0 Å². The van der Waals surface area contributed by atoms with Crippen molar-refractivity contribution in [2.45, 2.75) is 33.2 Å².